The molecule has 47 heavy (non-hydrogen) atoms. The van der Waals surface area contributed by atoms with E-state index >= 15 is 0 Å². The first-order valence-electron chi connectivity index (χ1n) is 16.7. The van der Waals surface area contributed by atoms with E-state index in [0.29, 0.717) is 0 Å². The van der Waals surface area contributed by atoms with Crippen LogP contribution in [-0.4, -0.2) is 0 Å². The van der Waals surface area contributed by atoms with Crippen molar-refractivity contribution in [1.82, 2.24) is 0 Å². The van der Waals surface area contributed by atoms with E-state index in [0.717, 1.165) is 6.42 Å². The zero-order valence-electron chi connectivity index (χ0n) is 26.3. The SMILES string of the molecule is Cc1ccc(N(C2=CC=C3c4ccccc4C4(c5ccccc5-c5ccccc54)C3C2)c2cccc3ccc4ccccc4c23)cc1. The first-order valence-corrected chi connectivity index (χ1v) is 16.7. The molecule has 0 heterocycles. The van der Waals surface area contributed by atoms with Crippen LogP contribution in [0.1, 0.15) is 34.2 Å². The Labute approximate surface area is 275 Å². The van der Waals surface area contributed by atoms with Crippen molar-refractivity contribution >= 4 is 38.5 Å². The molecule has 0 aliphatic heterocycles. The monoisotopic (exact) mass is 599 g/mol. The van der Waals surface area contributed by atoms with Gasteiger partial charge in [0.25, 0.3) is 0 Å². The Balaban J connectivity index is 1.24. The summed E-state index contributed by atoms with van der Waals surface area (Å²) in [5.41, 5.74) is 14.6. The van der Waals surface area contributed by atoms with Gasteiger partial charge in [-0.3, -0.25) is 0 Å². The van der Waals surface area contributed by atoms with Crippen molar-refractivity contribution in [3.05, 3.63) is 197 Å². The van der Waals surface area contributed by atoms with Crippen molar-refractivity contribution in [2.45, 2.75) is 18.8 Å². The topological polar surface area (TPSA) is 3.24 Å². The highest BCUT2D eigenvalue weighted by molar-refractivity contribution is 6.14. The molecule has 10 rings (SSSR count). The lowest BCUT2D eigenvalue weighted by Gasteiger charge is -2.40. The zero-order valence-corrected chi connectivity index (χ0v) is 26.3. The summed E-state index contributed by atoms with van der Waals surface area (Å²) in [7, 11) is 0. The smallest absolute Gasteiger partial charge is 0.0543 e. The van der Waals surface area contributed by atoms with E-state index < -0.39 is 0 Å². The van der Waals surface area contributed by atoms with E-state index in [2.05, 4.69) is 176 Å². The van der Waals surface area contributed by atoms with Crippen molar-refractivity contribution in [2.24, 2.45) is 5.92 Å². The van der Waals surface area contributed by atoms with Crippen molar-refractivity contribution < 1.29 is 0 Å². The lowest BCUT2D eigenvalue weighted by Crippen LogP contribution is -2.34. The van der Waals surface area contributed by atoms with Gasteiger partial charge in [-0.15, -0.1) is 0 Å². The minimum atomic E-state index is -0.250. The van der Waals surface area contributed by atoms with E-state index in [1.807, 2.05) is 0 Å². The van der Waals surface area contributed by atoms with Gasteiger partial charge in [0.15, 0.2) is 0 Å². The Morgan fingerprint density at radius 1 is 0.532 bits per heavy atom. The molecule has 1 nitrogen and oxygen atoms in total. The quantitative estimate of drug-likeness (QED) is 0.183. The maximum atomic E-state index is 2.55. The summed E-state index contributed by atoms with van der Waals surface area (Å²) in [5, 5.41) is 5.10. The molecule has 1 spiro atoms. The molecule has 3 aliphatic carbocycles. The van der Waals surface area contributed by atoms with Crippen LogP contribution in [0.5, 0.6) is 0 Å². The highest BCUT2D eigenvalue weighted by atomic mass is 15.2. The Bertz CT molecular complexity index is 2410. The van der Waals surface area contributed by atoms with Crippen LogP contribution in [0.3, 0.4) is 0 Å². The predicted molar refractivity (Wildman–Crippen MR) is 197 cm³/mol. The fraction of sp³-hybridized carbons (Fsp3) is 0.0870. The number of nitrogens with zero attached hydrogens (tertiary/aromatic N) is 1. The minimum Gasteiger partial charge on any atom is -0.314 e. The molecule has 1 atom stereocenters. The van der Waals surface area contributed by atoms with Crippen LogP contribution in [0.15, 0.2) is 170 Å². The van der Waals surface area contributed by atoms with E-state index in [4.69, 9.17) is 0 Å². The largest absolute Gasteiger partial charge is 0.314 e. The molecule has 0 radical (unpaired) electrons. The van der Waals surface area contributed by atoms with Gasteiger partial charge in [0.2, 0.25) is 0 Å². The van der Waals surface area contributed by atoms with Gasteiger partial charge in [0, 0.05) is 22.7 Å². The molecular formula is C46H33N. The Morgan fingerprint density at radius 3 is 1.87 bits per heavy atom. The van der Waals surface area contributed by atoms with Crippen LogP contribution in [0.4, 0.5) is 11.4 Å². The molecule has 7 aromatic carbocycles. The molecule has 1 unspecified atom stereocenters. The van der Waals surface area contributed by atoms with E-state index in [-0.39, 0.29) is 11.3 Å². The van der Waals surface area contributed by atoms with Gasteiger partial charge >= 0.3 is 0 Å². The van der Waals surface area contributed by atoms with Crippen LogP contribution < -0.4 is 4.90 Å². The molecule has 0 N–H and O–H groups in total. The lowest BCUT2D eigenvalue weighted by molar-refractivity contribution is 0.483. The first-order chi connectivity index (χ1) is 23.2. The number of benzene rings is 7. The first kappa shape index (κ1) is 26.5. The Morgan fingerprint density at radius 2 is 1.13 bits per heavy atom. The number of anilines is 2. The van der Waals surface area contributed by atoms with E-state index in [9.17, 15) is 0 Å². The van der Waals surface area contributed by atoms with Gasteiger partial charge in [0.1, 0.15) is 0 Å². The summed E-state index contributed by atoms with van der Waals surface area (Å²) < 4.78 is 0. The lowest BCUT2D eigenvalue weighted by atomic mass is 9.65. The molecule has 0 bridgehead atoms. The molecule has 222 valence electrons. The minimum absolute atomic E-state index is 0.250. The maximum Gasteiger partial charge on any atom is 0.0543 e. The van der Waals surface area contributed by atoms with E-state index in [1.165, 1.54) is 83.1 Å². The fourth-order valence-corrected chi connectivity index (χ4v) is 9.10. The summed E-state index contributed by atoms with van der Waals surface area (Å²) in [4.78, 5) is 2.55. The third-order valence-corrected chi connectivity index (χ3v) is 11.0. The highest BCUT2D eigenvalue weighted by Gasteiger charge is 2.56. The summed E-state index contributed by atoms with van der Waals surface area (Å²) >= 11 is 0. The zero-order chi connectivity index (χ0) is 31.1. The van der Waals surface area contributed by atoms with Crippen molar-refractivity contribution in [3.8, 4) is 11.1 Å². The summed E-state index contributed by atoms with van der Waals surface area (Å²) in [6.07, 6.45) is 5.75. The second-order valence-corrected chi connectivity index (χ2v) is 13.3. The molecule has 7 aromatic rings. The second-order valence-electron chi connectivity index (χ2n) is 13.3. The van der Waals surface area contributed by atoms with Crippen LogP contribution in [-0.2, 0) is 5.41 Å². The predicted octanol–water partition coefficient (Wildman–Crippen LogP) is 11.8. The number of hydrogen-bond acceptors (Lipinski definition) is 1. The van der Waals surface area contributed by atoms with Gasteiger partial charge in [-0.2, -0.15) is 0 Å². The van der Waals surface area contributed by atoms with Crippen LogP contribution in [0, 0.1) is 12.8 Å². The molecular weight excluding hydrogens is 567 g/mol. The normalized spacial score (nSPS) is 16.7. The van der Waals surface area contributed by atoms with Gasteiger partial charge in [0.05, 0.1) is 11.1 Å². The van der Waals surface area contributed by atoms with Gasteiger partial charge in [-0.25, -0.2) is 0 Å². The number of fused-ring (bicyclic) bond motifs is 13. The van der Waals surface area contributed by atoms with Crippen molar-refractivity contribution in [3.63, 3.8) is 0 Å². The van der Waals surface area contributed by atoms with Gasteiger partial charge < -0.3 is 4.90 Å². The molecule has 1 heteroatoms. The standard InChI is InChI=1S/C46H33N/c1-30-21-25-33(26-22-30)47(44-20-10-12-32-24-23-31-11-2-3-13-35(31)45(32)44)34-27-28-39-38-16-6-9-19-42(38)46(43(39)29-34)40-17-7-4-14-36(40)37-15-5-8-18-41(37)46/h2-28,43H,29H2,1H3. The third-order valence-electron chi connectivity index (χ3n) is 11.0. The molecule has 0 saturated heterocycles. The average molecular weight is 600 g/mol. The van der Waals surface area contributed by atoms with Crippen LogP contribution >= 0.6 is 0 Å². The molecule has 0 aromatic heterocycles. The van der Waals surface area contributed by atoms with Gasteiger partial charge in [-0.1, -0.05) is 145 Å². The average Bonchev–Trinajstić information content (AvgIpc) is 3.60. The molecule has 0 fully saturated rings. The van der Waals surface area contributed by atoms with Gasteiger partial charge in [-0.05, 0) is 92.7 Å². The van der Waals surface area contributed by atoms with Crippen LogP contribution in [0.25, 0.3) is 38.2 Å². The Kier molecular flexibility index (Phi) is 5.60. The molecule has 0 saturated carbocycles. The number of rotatable bonds is 3. The maximum absolute atomic E-state index is 2.55. The highest BCUT2D eigenvalue weighted by Crippen LogP contribution is 2.66. The number of aryl methyl sites for hydroxylation is 1. The molecule has 3 aliphatic rings. The number of allylic oxidation sites excluding steroid dienone is 4. The molecule has 0 amide bonds. The summed E-state index contributed by atoms with van der Waals surface area (Å²) in [6.45, 7) is 2.17. The second kappa shape index (κ2) is 9.92. The van der Waals surface area contributed by atoms with Crippen LogP contribution in [0.2, 0.25) is 0 Å². The summed E-state index contributed by atoms with van der Waals surface area (Å²) in [5.74, 6) is 0.254. The fourth-order valence-electron chi connectivity index (χ4n) is 9.10. The van der Waals surface area contributed by atoms with E-state index in [1.54, 1.807) is 0 Å². The van der Waals surface area contributed by atoms with Crippen molar-refractivity contribution in [1.29, 1.82) is 0 Å². The Hall–Kier alpha value is -5.66. The van der Waals surface area contributed by atoms with Crippen molar-refractivity contribution in [2.75, 3.05) is 4.90 Å². The number of hydrogen-bond donors (Lipinski definition) is 0. The summed E-state index contributed by atoms with van der Waals surface area (Å²) in [6, 6.07) is 56.6. The third kappa shape index (κ3) is 3.60.